The number of rotatable bonds is 0. The lowest BCUT2D eigenvalue weighted by Gasteiger charge is -2.06. The zero-order valence-corrected chi connectivity index (χ0v) is 9.32. The van der Waals surface area contributed by atoms with E-state index in [2.05, 4.69) is 4.98 Å². The van der Waals surface area contributed by atoms with E-state index in [4.69, 9.17) is 11.6 Å². The van der Waals surface area contributed by atoms with Crippen LogP contribution in [0.2, 0.25) is 5.02 Å². The fraction of sp³-hybridized carbons (Fsp3) is 0.300. The Hall–Kier alpha value is -1.23. The second-order valence-corrected chi connectivity index (χ2v) is 4.02. The molecule has 2 nitrogen and oxygen atoms in total. The van der Waals surface area contributed by atoms with Crippen LogP contribution >= 0.6 is 11.6 Å². The number of imidazole rings is 1. The molecule has 0 N–H and O–H groups in total. The molecule has 0 atom stereocenters. The highest BCUT2D eigenvalue weighted by Crippen LogP contribution is 2.32. The van der Waals surface area contributed by atoms with Crippen LogP contribution in [0.1, 0.15) is 11.4 Å². The van der Waals surface area contributed by atoms with Gasteiger partial charge in [0.15, 0.2) is 0 Å². The summed E-state index contributed by atoms with van der Waals surface area (Å²) in [5.74, 6) is -0.909. The van der Waals surface area contributed by atoms with Crippen molar-refractivity contribution < 1.29 is 13.2 Å². The van der Waals surface area contributed by atoms with E-state index >= 15 is 0 Å². The monoisotopic (exact) mass is 248 g/mol. The number of hydrogen-bond acceptors (Lipinski definition) is 1. The first-order chi connectivity index (χ1) is 7.30. The van der Waals surface area contributed by atoms with Gasteiger partial charge in [-0.15, -0.1) is 0 Å². The molecular formula is C10H8ClF3N2. The molecule has 0 radical (unpaired) electrons. The normalized spacial score (nSPS) is 12.4. The lowest BCUT2D eigenvalue weighted by molar-refractivity contribution is -0.146. The number of benzene rings is 1. The molecule has 1 aromatic heterocycles. The zero-order valence-electron chi connectivity index (χ0n) is 8.56. The molecule has 86 valence electrons. The van der Waals surface area contributed by atoms with Gasteiger partial charge in [0.25, 0.3) is 0 Å². The van der Waals surface area contributed by atoms with Crippen molar-refractivity contribution in [2.75, 3.05) is 0 Å². The van der Waals surface area contributed by atoms with Crippen LogP contribution in [0.3, 0.4) is 0 Å². The number of nitrogens with zero attached hydrogens (tertiary/aromatic N) is 2. The van der Waals surface area contributed by atoms with Crippen molar-refractivity contribution in [1.29, 1.82) is 0 Å². The number of fused-ring (bicyclic) bond motifs is 1. The standard InChI is InChI=1S/C10H8ClF3N2/c1-5-3-6(11)4-7-8(5)16(2)9(15-7)10(12,13)14/h3-4H,1-2H3. The Balaban J connectivity index is 2.83. The van der Waals surface area contributed by atoms with Crippen LogP contribution in [-0.4, -0.2) is 9.55 Å². The van der Waals surface area contributed by atoms with E-state index in [0.717, 1.165) is 4.57 Å². The van der Waals surface area contributed by atoms with Gasteiger partial charge in [-0.3, -0.25) is 0 Å². The molecule has 16 heavy (non-hydrogen) atoms. The molecule has 0 aliphatic carbocycles. The summed E-state index contributed by atoms with van der Waals surface area (Å²) in [5.41, 5.74) is 1.39. The molecule has 0 amide bonds. The van der Waals surface area contributed by atoms with Gasteiger partial charge < -0.3 is 4.57 Å². The molecule has 1 heterocycles. The first-order valence-electron chi connectivity index (χ1n) is 4.50. The van der Waals surface area contributed by atoms with Gasteiger partial charge in [0, 0.05) is 12.1 Å². The number of alkyl halides is 3. The molecule has 0 fully saturated rings. The third-order valence-electron chi connectivity index (χ3n) is 2.38. The van der Waals surface area contributed by atoms with E-state index in [1.54, 1.807) is 13.0 Å². The van der Waals surface area contributed by atoms with E-state index < -0.39 is 12.0 Å². The highest BCUT2D eigenvalue weighted by atomic mass is 35.5. The highest BCUT2D eigenvalue weighted by molar-refractivity contribution is 6.31. The summed E-state index contributed by atoms with van der Waals surface area (Å²) in [5, 5.41) is 0.386. The molecule has 0 aliphatic heterocycles. The van der Waals surface area contributed by atoms with Crippen molar-refractivity contribution in [3.63, 3.8) is 0 Å². The lowest BCUT2D eigenvalue weighted by Crippen LogP contribution is -2.12. The molecule has 1 aromatic carbocycles. The number of aromatic nitrogens is 2. The van der Waals surface area contributed by atoms with E-state index in [1.165, 1.54) is 13.1 Å². The summed E-state index contributed by atoms with van der Waals surface area (Å²) in [7, 11) is 1.35. The van der Waals surface area contributed by atoms with Crippen molar-refractivity contribution in [3.05, 3.63) is 28.5 Å². The summed E-state index contributed by atoms with van der Waals surface area (Å²) in [6.07, 6.45) is -4.45. The molecule has 2 rings (SSSR count). The second kappa shape index (κ2) is 3.38. The number of aryl methyl sites for hydroxylation is 2. The Morgan fingerprint density at radius 1 is 1.31 bits per heavy atom. The SMILES string of the molecule is Cc1cc(Cl)cc2nc(C(F)(F)F)n(C)c12. The molecule has 2 aromatic rings. The van der Waals surface area contributed by atoms with Gasteiger partial charge in [-0.05, 0) is 24.6 Å². The Bertz CT molecular complexity index is 557. The fourth-order valence-electron chi connectivity index (χ4n) is 1.79. The molecule has 0 spiro atoms. The lowest BCUT2D eigenvalue weighted by atomic mass is 10.2. The Labute approximate surface area is 94.6 Å². The van der Waals surface area contributed by atoms with Crippen molar-refractivity contribution in [1.82, 2.24) is 9.55 Å². The van der Waals surface area contributed by atoms with Crippen molar-refractivity contribution >= 4 is 22.6 Å². The predicted molar refractivity (Wildman–Crippen MR) is 55.5 cm³/mol. The van der Waals surface area contributed by atoms with E-state index in [1.807, 2.05) is 0 Å². The minimum atomic E-state index is -4.45. The predicted octanol–water partition coefficient (Wildman–Crippen LogP) is 3.55. The van der Waals surface area contributed by atoms with Gasteiger partial charge in [0.05, 0.1) is 11.0 Å². The maximum atomic E-state index is 12.6. The van der Waals surface area contributed by atoms with Crippen molar-refractivity contribution in [3.8, 4) is 0 Å². The van der Waals surface area contributed by atoms with Crippen LogP contribution in [-0.2, 0) is 13.2 Å². The molecule has 0 unspecified atom stereocenters. The first kappa shape index (κ1) is 11.3. The second-order valence-electron chi connectivity index (χ2n) is 3.58. The van der Waals surface area contributed by atoms with Crippen LogP contribution in [0.4, 0.5) is 13.2 Å². The molecular weight excluding hydrogens is 241 g/mol. The number of halogens is 4. The Morgan fingerprint density at radius 2 is 1.94 bits per heavy atom. The van der Waals surface area contributed by atoms with Crippen LogP contribution in [0.5, 0.6) is 0 Å². The first-order valence-corrected chi connectivity index (χ1v) is 4.88. The largest absolute Gasteiger partial charge is 0.449 e. The summed E-state index contributed by atoms with van der Waals surface area (Å²) >= 11 is 5.77. The van der Waals surface area contributed by atoms with E-state index in [9.17, 15) is 13.2 Å². The summed E-state index contributed by atoms with van der Waals surface area (Å²) in [6.45, 7) is 1.70. The third-order valence-corrected chi connectivity index (χ3v) is 2.60. The quantitative estimate of drug-likeness (QED) is 0.697. The average Bonchev–Trinajstić information content (AvgIpc) is 2.41. The maximum Gasteiger partial charge on any atom is 0.449 e. The van der Waals surface area contributed by atoms with Gasteiger partial charge in [0.1, 0.15) is 0 Å². The molecule has 0 saturated heterocycles. The maximum absolute atomic E-state index is 12.6. The van der Waals surface area contributed by atoms with Gasteiger partial charge in [0.2, 0.25) is 5.82 Å². The molecule has 0 bridgehead atoms. The topological polar surface area (TPSA) is 17.8 Å². The van der Waals surface area contributed by atoms with E-state index in [-0.39, 0.29) is 5.52 Å². The molecule has 6 heteroatoms. The Morgan fingerprint density at radius 3 is 2.50 bits per heavy atom. The summed E-state index contributed by atoms with van der Waals surface area (Å²) in [4.78, 5) is 3.56. The van der Waals surface area contributed by atoms with Gasteiger partial charge >= 0.3 is 6.18 Å². The molecule has 0 saturated carbocycles. The van der Waals surface area contributed by atoms with E-state index in [0.29, 0.717) is 16.1 Å². The minimum Gasteiger partial charge on any atom is -0.323 e. The van der Waals surface area contributed by atoms with Crippen LogP contribution < -0.4 is 0 Å². The fourth-order valence-corrected chi connectivity index (χ4v) is 2.05. The van der Waals surface area contributed by atoms with Crippen LogP contribution in [0.15, 0.2) is 12.1 Å². The smallest absolute Gasteiger partial charge is 0.323 e. The van der Waals surface area contributed by atoms with Crippen LogP contribution in [0, 0.1) is 6.92 Å². The third kappa shape index (κ3) is 1.65. The van der Waals surface area contributed by atoms with Crippen LogP contribution in [0.25, 0.3) is 11.0 Å². The van der Waals surface area contributed by atoms with Crippen molar-refractivity contribution in [2.45, 2.75) is 13.1 Å². The van der Waals surface area contributed by atoms with Gasteiger partial charge in [-0.25, -0.2) is 4.98 Å². The average molecular weight is 249 g/mol. The molecule has 0 aliphatic rings. The van der Waals surface area contributed by atoms with Crippen molar-refractivity contribution in [2.24, 2.45) is 7.05 Å². The number of hydrogen-bond donors (Lipinski definition) is 0. The van der Waals surface area contributed by atoms with Gasteiger partial charge in [-0.2, -0.15) is 13.2 Å². The highest BCUT2D eigenvalue weighted by Gasteiger charge is 2.36. The summed E-state index contributed by atoms with van der Waals surface area (Å²) in [6, 6.07) is 3.05. The minimum absolute atomic E-state index is 0.264. The zero-order chi connectivity index (χ0) is 12.1. The van der Waals surface area contributed by atoms with Gasteiger partial charge in [-0.1, -0.05) is 11.6 Å². The summed E-state index contributed by atoms with van der Waals surface area (Å²) < 4.78 is 38.9. The Kier molecular flexibility index (Phi) is 2.38.